The van der Waals surface area contributed by atoms with Crippen LogP contribution in [0.4, 0.5) is 18.9 Å². The SMILES string of the molecule is Nc1cc(-c2ccccc2F)cc(F)c1F. The average Bonchev–Trinajstić information content (AvgIpc) is 2.26. The number of hydrogen-bond acceptors (Lipinski definition) is 1. The second-order valence-electron chi connectivity index (χ2n) is 3.34. The third kappa shape index (κ3) is 1.74. The molecule has 1 nitrogen and oxygen atoms in total. The Kier molecular flexibility index (Phi) is 2.56. The first-order valence-corrected chi connectivity index (χ1v) is 4.59. The standard InChI is InChI=1S/C12H8F3N/c13-9-4-2-1-3-8(9)7-5-10(14)12(15)11(16)6-7/h1-6H,16H2. The van der Waals surface area contributed by atoms with Crippen molar-refractivity contribution in [3.05, 3.63) is 53.8 Å². The van der Waals surface area contributed by atoms with Gasteiger partial charge in [-0.3, -0.25) is 0 Å². The first kappa shape index (κ1) is 10.5. The van der Waals surface area contributed by atoms with Crippen LogP contribution in [-0.4, -0.2) is 0 Å². The summed E-state index contributed by atoms with van der Waals surface area (Å²) in [6.07, 6.45) is 0. The highest BCUT2D eigenvalue weighted by Crippen LogP contribution is 2.27. The van der Waals surface area contributed by atoms with E-state index in [1.807, 2.05) is 0 Å². The fourth-order valence-corrected chi connectivity index (χ4v) is 1.46. The zero-order valence-electron chi connectivity index (χ0n) is 8.18. The van der Waals surface area contributed by atoms with Crippen molar-refractivity contribution < 1.29 is 13.2 Å². The zero-order chi connectivity index (χ0) is 11.7. The maximum absolute atomic E-state index is 13.4. The molecule has 0 atom stereocenters. The van der Waals surface area contributed by atoms with Crippen LogP contribution in [0, 0.1) is 17.5 Å². The molecule has 82 valence electrons. The summed E-state index contributed by atoms with van der Waals surface area (Å²) in [5, 5.41) is 0. The summed E-state index contributed by atoms with van der Waals surface area (Å²) >= 11 is 0. The van der Waals surface area contributed by atoms with Crippen LogP contribution in [-0.2, 0) is 0 Å². The molecule has 16 heavy (non-hydrogen) atoms. The number of nitrogens with two attached hydrogens (primary N) is 1. The van der Waals surface area contributed by atoms with Crippen molar-refractivity contribution in [2.75, 3.05) is 5.73 Å². The minimum atomic E-state index is -1.11. The van der Waals surface area contributed by atoms with Gasteiger partial charge in [-0.25, -0.2) is 13.2 Å². The van der Waals surface area contributed by atoms with Gasteiger partial charge in [0.2, 0.25) is 0 Å². The van der Waals surface area contributed by atoms with E-state index in [1.54, 1.807) is 6.07 Å². The van der Waals surface area contributed by atoms with Crippen LogP contribution in [0.5, 0.6) is 0 Å². The van der Waals surface area contributed by atoms with Gasteiger partial charge in [0.25, 0.3) is 0 Å². The molecule has 2 aromatic carbocycles. The molecule has 2 aromatic rings. The predicted octanol–water partition coefficient (Wildman–Crippen LogP) is 3.35. The van der Waals surface area contributed by atoms with E-state index in [1.165, 1.54) is 24.3 Å². The van der Waals surface area contributed by atoms with E-state index in [4.69, 9.17) is 5.73 Å². The second-order valence-corrected chi connectivity index (χ2v) is 3.34. The zero-order valence-corrected chi connectivity index (χ0v) is 8.18. The van der Waals surface area contributed by atoms with Crippen molar-refractivity contribution in [2.45, 2.75) is 0 Å². The summed E-state index contributed by atoms with van der Waals surface area (Å²) in [5.41, 5.74) is 5.34. The molecule has 0 fully saturated rings. The molecule has 0 spiro atoms. The molecule has 0 aliphatic rings. The number of anilines is 1. The molecule has 0 amide bonds. The fraction of sp³-hybridized carbons (Fsp3) is 0. The van der Waals surface area contributed by atoms with Gasteiger partial charge in [0, 0.05) is 5.56 Å². The van der Waals surface area contributed by atoms with Crippen LogP contribution in [0.1, 0.15) is 0 Å². The van der Waals surface area contributed by atoms with Crippen molar-refractivity contribution in [1.82, 2.24) is 0 Å². The maximum atomic E-state index is 13.4. The fourth-order valence-electron chi connectivity index (χ4n) is 1.46. The highest BCUT2D eigenvalue weighted by Gasteiger charge is 2.11. The van der Waals surface area contributed by atoms with E-state index in [0.717, 1.165) is 6.07 Å². The van der Waals surface area contributed by atoms with E-state index < -0.39 is 17.5 Å². The largest absolute Gasteiger partial charge is 0.396 e. The molecule has 0 aliphatic heterocycles. The van der Waals surface area contributed by atoms with E-state index in [0.29, 0.717) is 0 Å². The minimum absolute atomic E-state index is 0.188. The first-order valence-electron chi connectivity index (χ1n) is 4.59. The number of halogens is 3. The number of rotatable bonds is 1. The average molecular weight is 223 g/mol. The highest BCUT2D eigenvalue weighted by molar-refractivity contribution is 5.68. The Balaban J connectivity index is 2.62. The van der Waals surface area contributed by atoms with Crippen molar-refractivity contribution in [1.29, 1.82) is 0 Å². The first-order chi connectivity index (χ1) is 7.59. The van der Waals surface area contributed by atoms with Gasteiger partial charge in [0.1, 0.15) is 5.82 Å². The Labute approximate surface area is 90.3 Å². The molecule has 2 N–H and O–H groups in total. The van der Waals surface area contributed by atoms with Crippen molar-refractivity contribution in [3.63, 3.8) is 0 Å². The number of benzene rings is 2. The van der Waals surface area contributed by atoms with E-state index in [9.17, 15) is 13.2 Å². The summed E-state index contributed by atoms with van der Waals surface area (Å²) in [7, 11) is 0. The summed E-state index contributed by atoms with van der Waals surface area (Å²) in [5.74, 6) is -2.70. The molecule has 0 unspecified atom stereocenters. The Morgan fingerprint density at radius 3 is 2.19 bits per heavy atom. The molecular formula is C12H8F3N. The lowest BCUT2D eigenvalue weighted by molar-refractivity contribution is 0.512. The Morgan fingerprint density at radius 2 is 1.56 bits per heavy atom. The molecule has 0 radical (unpaired) electrons. The van der Waals surface area contributed by atoms with E-state index in [-0.39, 0.29) is 16.8 Å². The van der Waals surface area contributed by atoms with Crippen LogP contribution in [0.2, 0.25) is 0 Å². The molecule has 0 aliphatic carbocycles. The molecule has 0 aromatic heterocycles. The summed E-state index contributed by atoms with van der Waals surface area (Å²) in [6, 6.07) is 7.97. The lowest BCUT2D eigenvalue weighted by atomic mass is 10.0. The molecule has 4 heteroatoms. The van der Waals surface area contributed by atoms with Gasteiger partial charge in [0.05, 0.1) is 5.69 Å². The van der Waals surface area contributed by atoms with Gasteiger partial charge in [0.15, 0.2) is 11.6 Å². The van der Waals surface area contributed by atoms with Crippen molar-refractivity contribution in [3.8, 4) is 11.1 Å². The third-order valence-corrected chi connectivity index (χ3v) is 2.24. The van der Waals surface area contributed by atoms with Gasteiger partial charge in [-0.1, -0.05) is 18.2 Å². The van der Waals surface area contributed by atoms with Crippen LogP contribution >= 0.6 is 0 Å². The smallest absolute Gasteiger partial charge is 0.181 e. The lowest BCUT2D eigenvalue weighted by Crippen LogP contribution is -1.96. The van der Waals surface area contributed by atoms with Gasteiger partial charge in [-0.15, -0.1) is 0 Å². The lowest BCUT2D eigenvalue weighted by Gasteiger charge is -2.05. The molecule has 0 bridgehead atoms. The Bertz CT molecular complexity index is 515. The topological polar surface area (TPSA) is 26.0 Å². The summed E-state index contributed by atoms with van der Waals surface area (Å²) in [4.78, 5) is 0. The Hall–Kier alpha value is -1.97. The molecule has 2 rings (SSSR count). The predicted molar refractivity (Wildman–Crippen MR) is 56.2 cm³/mol. The minimum Gasteiger partial charge on any atom is -0.396 e. The molecule has 0 heterocycles. The van der Waals surface area contributed by atoms with Gasteiger partial charge in [-0.2, -0.15) is 0 Å². The van der Waals surface area contributed by atoms with Gasteiger partial charge < -0.3 is 5.73 Å². The third-order valence-electron chi connectivity index (χ3n) is 2.24. The second kappa shape index (κ2) is 3.89. The number of nitrogen functional groups attached to an aromatic ring is 1. The van der Waals surface area contributed by atoms with E-state index in [2.05, 4.69) is 0 Å². The normalized spacial score (nSPS) is 10.4. The summed E-state index contributed by atoms with van der Waals surface area (Å²) < 4.78 is 39.4. The maximum Gasteiger partial charge on any atom is 0.181 e. The van der Waals surface area contributed by atoms with Gasteiger partial charge in [-0.05, 0) is 23.8 Å². The van der Waals surface area contributed by atoms with Crippen LogP contribution < -0.4 is 5.73 Å². The van der Waals surface area contributed by atoms with Crippen LogP contribution in [0.25, 0.3) is 11.1 Å². The quantitative estimate of drug-likeness (QED) is 0.737. The molecule has 0 saturated carbocycles. The summed E-state index contributed by atoms with van der Waals surface area (Å²) in [6.45, 7) is 0. The molecule has 0 saturated heterocycles. The number of hydrogen-bond donors (Lipinski definition) is 1. The van der Waals surface area contributed by atoms with Crippen LogP contribution in [0.15, 0.2) is 36.4 Å². The highest BCUT2D eigenvalue weighted by atomic mass is 19.2. The van der Waals surface area contributed by atoms with Gasteiger partial charge >= 0.3 is 0 Å². The van der Waals surface area contributed by atoms with E-state index >= 15 is 0 Å². The van der Waals surface area contributed by atoms with Crippen molar-refractivity contribution in [2.24, 2.45) is 0 Å². The Morgan fingerprint density at radius 1 is 0.875 bits per heavy atom. The van der Waals surface area contributed by atoms with Crippen molar-refractivity contribution >= 4 is 5.69 Å². The van der Waals surface area contributed by atoms with Crippen LogP contribution in [0.3, 0.4) is 0 Å². The molecular weight excluding hydrogens is 215 g/mol. The monoisotopic (exact) mass is 223 g/mol.